The maximum Gasteiger partial charge on any atom is 0.434 e. The normalized spacial score (nSPS) is 22.4. The molecule has 7 nitrogen and oxygen atoms in total. The number of rotatable bonds is 5. The SMILES string of the molecule is CCOP(=O)(NC(=S)N1CC2CC(C1)c1cccc(=O)n1C2)OCC. The number of aromatic nitrogens is 1. The molecule has 25 heavy (non-hydrogen) atoms. The summed E-state index contributed by atoms with van der Waals surface area (Å²) >= 11 is 5.47. The van der Waals surface area contributed by atoms with Gasteiger partial charge in [0.05, 0.1) is 13.2 Å². The molecule has 3 rings (SSSR count). The van der Waals surface area contributed by atoms with E-state index in [2.05, 4.69) is 5.09 Å². The quantitative estimate of drug-likeness (QED) is 0.616. The zero-order valence-electron chi connectivity index (χ0n) is 14.5. The Morgan fingerprint density at radius 1 is 1.28 bits per heavy atom. The highest BCUT2D eigenvalue weighted by Gasteiger charge is 2.37. The van der Waals surface area contributed by atoms with Crippen LogP contribution in [0.25, 0.3) is 0 Å². The Bertz CT molecular complexity index is 743. The molecule has 3 heterocycles. The first-order valence-corrected chi connectivity index (χ1v) is 10.6. The van der Waals surface area contributed by atoms with Crippen LogP contribution in [-0.2, 0) is 20.2 Å². The second kappa shape index (κ2) is 7.58. The molecule has 0 amide bonds. The fraction of sp³-hybridized carbons (Fsp3) is 0.625. The van der Waals surface area contributed by atoms with Gasteiger partial charge in [-0.3, -0.25) is 18.9 Å². The Hall–Kier alpha value is -1.21. The summed E-state index contributed by atoms with van der Waals surface area (Å²) in [6, 6.07) is 5.42. The lowest BCUT2D eigenvalue weighted by Crippen LogP contribution is -2.51. The van der Waals surface area contributed by atoms with Gasteiger partial charge in [0.15, 0.2) is 5.11 Å². The van der Waals surface area contributed by atoms with Crippen LogP contribution >= 0.6 is 20.0 Å². The molecular weight excluding hydrogens is 361 g/mol. The minimum absolute atomic E-state index is 0.0542. The monoisotopic (exact) mass is 385 g/mol. The van der Waals surface area contributed by atoms with Gasteiger partial charge in [0.1, 0.15) is 0 Å². The fourth-order valence-corrected chi connectivity index (χ4v) is 5.44. The number of fused-ring (bicyclic) bond motifs is 4. The summed E-state index contributed by atoms with van der Waals surface area (Å²) in [6.45, 7) is 6.17. The number of hydrogen-bond acceptors (Lipinski definition) is 5. The third kappa shape index (κ3) is 3.97. The molecule has 138 valence electrons. The van der Waals surface area contributed by atoms with E-state index in [0.29, 0.717) is 24.1 Å². The van der Waals surface area contributed by atoms with Gasteiger partial charge in [0.25, 0.3) is 5.56 Å². The lowest BCUT2D eigenvalue weighted by atomic mass is 9.83. The van der Waals surface area contributed by atoms with Crippen molar-refractivity contribution < 1.29 is 13.6 Å². The summed E-state index contributed by atoms with van der Waals surface area (Å²) < 4.78 is 25.0. The molecule has 2 bridgehead atoms. The van der Waals surface area contributed by atoms with Gasteiger partial charge < -0.3 is 9.47 Å². The predicted octanol–water partition coefficient (Wildman–Crippen LogP) is 2.32. The lowest BCUT2D eigenvalue weighted by molar-refractivity contribution is 0.175. The van der Waals surface area contributed by atoms with E-state index in [1.807, 2.05) is 21.6 Å². The van der Waals surface area contributed by atoms with Crippen LogP contribution in [0, 0.1) is 5.92 Å². The van der Waals surface area contributed by atoms with Gasteiger partial charge in [0, 0.05) is 37.3 Å². The van der Waals surface area contributed by atoms with Gasteiger partial charge in [0.2, 0.25) is 0 Å². The smallest absolute Gasteiger partial charge is 0.348 e. The number of nitrogens with zero attached hydrogens (tertiary/aromatic N) is 2. The zero-order valence-corrected chi connectivity index (χ0v) is 16.2. The number of hydrogen-bond donors (Lipinski definition) is 1. The van der Waals surface area contributed by atoms with Crippen molar-refractivity contribution in [2.45, 2.75) is 32.7 Å². The summed E-state index contributed by atoms with van der Waals surface area (Å²) in [6.07, 6.45) is 1.04. The highest BCUT2D eigenvalue weighted by Crippen LogP contribution is 2.44. The van der Waals surface area contributed by atoms with Crippen molar-refractivity contribution in [1.29, 1.82) is 0 Å². The molecule has 1 aromatic rings. The average molecular weight is 385 g/mol. The summed E-state index contributed by atoms with van der Waals surface area (Å²) in [5, 5.41) is 3.17. The second-order valence-electron chi connectivity index (χ2n) is 6.35. The standard InChI is InChI=1S/C16H24N3O4PS/c1-3-22-24(21,23-4-2)17-16(25)18-9-12-8-13(11-18)14-6-5-7-15(20)19(14)10-12/h5-7,12-13H,3-4,8-11H2,1-2H3,(H,17,21,25). The molecular formula is C16H24N3O4PS. The van der Waals surface area contributed by atoms with Crippen LogP contribution in [0.15, 0.2) is 23.0 Å². The van der Waals surface area contributed by atoms with E-state index < -0.39 is 7.75 Å². The molecule has 0 aromatic carbocycles. The predicted molar refractivity (Wildman–Crippen MR) is 99.7 cm³/mol. The van der Waals surface area contributed by atoms with Crippen LogP contribution < -0.4 is 10.6 Å². The molecule has 1 N–H and O–H groups in total. The molecule has 0 aliphatic carbocycles. The highest BCUT2D eigenvalue weighted by atomic mass is 32.1. The highest BCUT2D eigenvalue weighted by molar-refractivity contribution is 7.81. The van der Waals surface area contributed by atoms with Crippen LogP contribution in [0.4, 0.5) is 0 Å². The van der Waals surface area contributed by atoms with Gasteiger partial charge in [-0.05, 0) is 44.5 Å². The first kappa shape index (κ1) is 18.6. The Balaban J connectivity index is 1.75. The maximum absolute atomic E-state index is 12.6. The van der Waals surface area contributed by atoms with E-state index in [0.717, 1.165) is 18.7 Å². The molecule has 1 fully saturated rings. The summed E-state index contributed by atoms with van der Waals surface area (Å²) in [5.74, 6) is 0.574. The summed E-state index contributed by atoms with van der Waals surface area (Å²) in [7, 11) is -3.43. The Labute approximate surface area is 152 Å². The minimum Gasteiger partial charge on any atom is -0.348 e. The molecule has 2 unspecified atom stereocenters. The average Bonchev–Trinajstić information content (AvgIpc) is 2.56. The number of nitrogens with one attached hydrogen (secondary N) is 1. The van der Waals surface area contributed by atoms with E-state index in [1.54, 1.807) is 19.9 Å². The molecule has 0 radical (unpaired) electrons. The van der Waals surface area contributed by atoms with Gasteiger partial charge >= 0.3 is 7.75 Å². The summed E-state index contributed by atoms with van der Waals surface area (Å²) in [4.78, 5) is 14.1. The van der Waals surface area contributed by atoms with Crippen molar-refractivity contribution in [1.82, 2.24) is 14.6 Å². The van der Waals surface area contributed by atoms with Crippen molar-refractivity contribution in [3.05, 3.63) is 34.2 Å². The molecule has 2 atom stereocenters. The van der Waals surface area contributed by atoms with Crippen molar-refractivity contribution >= 4 is 25.1 Å². The van der Waals surface area contributed by atoms with Crippen molar-refractivity contribution in [3.63, 3.8) is 0 Å². The van der Waals surface area contributed by atoms with Crippen LogP contribution in [-0.4, -0.2) is 40.9 Å². The number of thiocarbonyl (C=S) groups is 1. The molecule has 1 saturated heterocycles. The van der Waals surface area contributed by atoms with E-state index in [-0.39, 0.29) is 24.7 Å². The topological polar surface area (TPSA) is 72.8 Å². The first-order valence-electron chi connectivity index (χ1n) is 8.61. The van der Waals surface area contributed by atoms with E-state index >= 15 is 0 Å². The van der Waals surface area contributed by atoms with E-state index in [1.165, 1.54) is 0 Å². The second-order valence-corrected chi connectivity index (χ2v) is 8.47. The fourth-order valence-electron chi connectivity index (χ4n) is 3.69. The Kier molecular flexibility index (Phi) is 5.63. The van der Waals surface area contributed by atoms with Crippen LogP contribution in [0.5, 0.6) is 0 Å². The van der Waals surface area contributed by atoms with Crippen LogP contribution in [0.1, 0.15) is 31.9 Å². The number of piperidine rings is 1. The van der Waals surface area contributed by atoms with Crippen LogP contribution in [0.3, 0.4) is 0 Å². The number of likely N-dealkylation sites (tertiary alicyclic amines) is 1. The van der Waals surface area contributed by atoms with E-state index in [4.69, 9.17) is 21.3 Å². The molecule has 2 aliphatic heterocycles. The van der Waals surface area contributed by atoms with Crippen LogP contribution in [0.2, 0.25) is 0 Å². The molecule has 0 spiro atoms. The zero-order chi connectivity index (χ0) is 18.0. The largest absolute Gasteiger partial charge is 0.434 e. The third-order valence-corrected chi connectivity index (χ3v) is 6.79. The number of pyridine rings is 1. The van der Waals surface area contributed by atoms with Gasteiger partial charge in [-0.25, -0.2) is 4.57 Å². The van der Waals surface area contributed by atoms with Crippen molar-refractivity contribution in [2.75, 3.05) is 26.3 Å². The molecule has 2 aliphatic rings. The van der Waals surface area contributed by atoms with Gasteiger partial charge in [-0.2, -0.15) is 0 Å². The molecule has 1 aromatic heterocycles. The third-order valence-electron chi connectivity index (χ3n) is 4.60. The van der Waals surface area contributed by atoms with Crippen molar-refractivity contribution in [2.24, 2.45) is 5.92 Å². The Morgan fingerprint density at radius 3 is 2.68 bits per heavy atom. The lowest BCUT2D eigenvalue weighted by Gasteiger charge is -2.43. The van der Waals surface area contributed by atoms with Gasteiger partial charge in [-0.15, -0.1) is 0 Å². The summed E-state index contributed by atoms with van der Waals surface area (Å²) in [5.41, 5.74) is 1.10. The molecule has 9 heteroatoms. The minimum atomic E-state index is -3.43. The first-order chi connectivity index (χ1) is 12.0. The maximum atomic E-state index is 12.6. The molecule has 0 saturated carbocycles. The van der Waals surface area contributed by atoms with E-state index in [9.17, 15) is 9.36 Å². The van der Waals surface area contributed by atoms with Gasteiger partial charge in [-0.1, -0.05) is 6.07 Å². The van der Waals surface area contributed by atoms with Crippen molar-refractivity contribution in [3.8, 4) is 0 Å². The Morgan fingerprint density at radius 2 is 2.00 bits per heavy atom.